The minimum absolute atomic E-state index is 0.220. The Labute approximate surface area is 166 Å². The van der Waals surface area contributed by atoms with Crippen LogP contribution in [0.3, 0.4) is 0 Å². The van der Waals surface area contributed by atoms with E-state index in [1.165, 1.54) is 28.9 Å². The lowest BCUT2D eigenvalue weighted by Gasteiger charge is -2.09. The molecule has 0 fully saturated rings. The van der Waals surface area contributed by atoms with Crippen LogP contribution in [0.1, 0.15) is 6.42 Å². The van der Waals surface area contributed by atoms with Gasteiger partial charge in [-0.05, 0) is 42.8 Å². The third kappa shape index (κ3) is 5.40. The third-order valence-corrected chi connectivity index (χ3v) is 4.17. The summed E-state index contributed by atoms with van der Waals surface area (Å²) >= 11 is 5.89. The molecule has 0 aliphatic heterocycles. The Morgan fingerprint density at radius 1 is 1.11 bits per heavy atom. The minimum atomic E-state index is -0.444. The van der Waals surface area contributed by atoms with Gasteiger partial charge in [0.1, 0.15) is 5.82 Å². The average molecular weight is 401 g/mol. The van der Waals surface area contributed by atoms with Crippen LogP contribution in [-0.4, -0.2) is 22.4 Å². The first kappa shape index (κ1) is 19.6. The molecule has 2 N–H and O–H groups in total. The van der Waals surface area contributed by atoms with Gasteiger partial charge in [-0.1, -0.05) is 29.8 Å². The summed E-state index contributed by atoms with van der Waals surface area (Å²) in [5, 5.41) is 10.2. The van der Waals surface area contributed by atoms with Crippen molar-refractivity contribution in [1.82, 2.24) is 15.1 Å². The fourth-order valence-corrected chi connectivity index (χ4v) is 2.68. The molecule has 0 bridgehead atoms. The number of benzene rings is 2. The minimum Gasteiger partial charge on any atom is -0.338 e. The Kier molecular flexibility index (Phi) is 6.39. The van der Waals surface area contributed by atoms with Crippen LogP contribution in [-0.2, 0) is 6.54 Å². The lowest BCUT2D eigenvalue weighted by Crippen LogP contribution is -2.31. The summed E-state index contributed by atoms with van der Waals surface area (Å²) in [5.41, 5.74) is 1.66. The number of urea groups is 1. The van der Waals surface area contributed by atoms with E-state index in [0.717, 1.165) is 5.56 Å². The SMILES string of the molecule is O=C(NCCCn1nc(-c2ccc(Cl)cc2)ccc1=O)Nc1cccc(F)c1. The summed E-state index contributed by atoms with van der Waals surface area (Å²) in [6, 6.07) is 15.5. The number of anilines is 1. The molecule has 0 spiro atoms. The van der Waals surface area contributed by atoms with Gasteiger partial charge in [-0.25, -0.2) is 13.9 Å². The molecular formula is C20H18ClFN4O2. The summed E-state index contributed by atoms with van der Waals surface area (Å²) in [4.78, 5) is 23.8. The number of amides is 2. The maximum atomic E-state index is 13.1. The maximum absolute atomic E-state index is 13.1. The van der Waals surface area contributed by atoms with E-state index in [0.29, 0.717) is 35.9 Å². The predicted octanol–water partition coefficient (Wildman–Crippen LogP) is 3.91. The van der Waals surface area contributed by atoms with E-state index < -0.39 is 11.8 Å². The molecule has 3 aromatic rings. The number of carbonyl (C=O) groups is 1. The van der Waals surface area contributed by atoms with E-state index in [9.17, 15) is 14.0 Å². The topological polar surface area (TPSA) is 76.0 Å². The highest BCUT2D eigenvalue weighted by Crippen LogP contribution is 2.18. The fraction of sp³-hybridized carbons (Fsp3) is 0.150. The number of rotatable bonds is 6. The molecule has 0 saturated carbocycles. The molecule has 6 nitrogen and oxygen atoms in total. The number of halogens is 2. The maximum Gasteiger partial charge on any atom is 0.319 e. The second-order valence-corrected chi connectivity index (χ2v) is 6.47. The monoisotopic (exact) mass is 400 g/mol. The highest BCUT2D eigenvalue weighted by molar-refractivity contribution is 6.30. The second-order valence-electron chi connectivity index (χ2n) is 6.03. The van der Waals surface area contributed by atoms with Gasteiger partial charge in [0, 0.05) is 35.4 Å². The molecule has 0 saturated heterocycles. The number of hydrogen-bond acceptors (Lipinski definition) is 3. The van der Waals surface area contributed by atoms with Crippen molar-refractivity contribution >= 4 is 23.3 Å². The van der Waals surface area contributed by atoms with E-state index in [-0.39, 0.29) is 5.56 Å². The number of nitrogens with one attached hydrogen (secondary N) is 2. The van der Waals surface area contributed by atoms with Gasteiger partial charge >= 0.3 is 6.03 Å². The molecule has 144 valence electrons. The second kappa shape index (κ2) is 9.14. The summed E-state index contributed by atoms with van der Waals surface area (Å²) in [7, 11) is 0. The summed E-state index contributed by atoms with van der Waals surface area (Å²) in [5.74, 6) is -0.427. The molecular weight excluding hydrogens is 383 g/mol. The highest BCUT2D eigenvalue weighted by Gasteiger charge is 2.05. The van der Waals surface area contributed by atoms with Crippen LogP contribution in [0.4, 0.5) is 14.9 Å². The van der Waals surface area contributed by atoms with Crippen molar-refractivity contribution in [2.45, 2.75) is 13.0 Å². The van der Waals surface area contributed by atoms with Gasteiger partial charge in [-0.2, -0.15) is 5.10 Å². The molecule has 8 heteroatoms. The first-order valence-corrected chi connectivity index (χ1v) is 9.03. The number of carbonyl (C=O) groups excluding carboxylic acids is 1. The van der Waals surface area contributed by atoms with Crippen molar-refractivity contribution in [2.75, 3.05) is 11.9 Å². The van der Waals surface area contributed by atoms with Crippen molar-refractivity contribution in [3.63, 3.8) is 0 Å². The van der Waals surface area contributed by atoms with Crippen LogP contribution >= 0.6 is 11.6 Å². The Morgan fingerprint density at radius 2 is 1.89 bits per heavy atom. The average Bonchev–Trinajstić information content (AvgIpc) is 2.67. The van der Waals surface area contributed by atoms with Crippen LogP contribution in [0.5, 0.6) is 0 Å². The first-order valence-electron chi connectivity index (χ1n) is 8.66. The first-order chi connectivity index (χ1) is 13.5. The summed E-state index contributed by atoms with van der Waals surface area (Å²) < 4.78 is 14.5. The van der Waals surface area contributed by atoms with Gasteiger partial charge in [0.15, 0.2) is 0 Å². The van der Waals surface area contributed by atoms with Crippen LogP contribution in [0.15, 0.2) is 65.5 Å². The summed E-state index contributed by atoms with van der Waals surface area (Å²) in [6.07, 6.45) is 0.507. The summed E-state index contributed by atoms with van der Waals surface area (Å²) in [6.45, 7) is 0.681. The predicted molar refractivity (Wildman–Crippen MR) is 107 cm³/mol. The third-order valence-electron chi connectivity index (χ3n) is 3.92. The molecule has 1 aromatic heterocycles. The molecule has 0 unspecified atom stereocenters. The van der Waals surface area contributed by atoms with Crippen molar-refractivity contribution in [1.29, 1.82) is 0 Å². The Hall–Kier alpha value is -3.19. The smallest absolute Gasteiger partial charge is 0.319 e. The van der Waals surface area contributed by atoms with Crippen molar-refractivity contribution in [2.24, 2.45) is 0 Å². The Morgan fingerprint density at radius 3 is 2.64 bits per heavy atom. The van der Waals surface area contributed by atoms with Crippen LogP contribution < -0.4 is 16.2 Å². The standard InChI is InChI=1S/C20H18ClFN4O2/c21-15-7-5-14(6-8-15)18-9-10-19(27)26(25-18)12-2-11-23-20(28)24-17-4-1-3-16(22)13-17/h1,3-10,13H,2,11-12H2,(H2,23,24,28). The zero-order chi connectivity index (χ0) is 19.9. The normalized spacial score (nSPS) is 10.5. The Bertz CT molecular complexity index is 1020. The lowest BCUT2D eigenvalue weighted by molar-refractivity contribution is 0.251. The van der Waals surface area contributed by atoms with Gasteiger partial charge in [0.25, 0.3) is 5.56 Å². The molecule has 1 heterocycles. The lowest BCUT2D eigenvalue weighted by atomic mass is 10.1. The number of aromatic nitrogens is 2. The molecule has 0 aliphatic rings. The Balaban J connectivity index is 1.53. The number of hydrogen-bond donors (Lipinski definition) is 2. The zero-order valence-electron chi connectivity index (χ0n) is 14.9. The van der Waals surface area contributed by atoms with Crippen molar-refractivity contribution in [3.05, 3.63) is 81.9 Å². The molecule has 3 rings (SSSR count). The van der Waals surface area contributed by atoms with Gasteiger partial charge in [-0.3, -0.25) is 4.79 Å². The largest absolute Gasteiger partial charge is 0.338 e. The molecule has 0 radical (unpaired) electrons. The molecule has 0 aliphatic carbocycles. The van der Waals surface area contributed by atoms with Crippen molar-refractivity contribution in [3.8, 4) is 11.3 Å². The zero-order valence-corrected chi connectivity index (χ0v) is 15.6. The van der Waals surface area contributed by atoms with Crippen molar-refractivity contribution < 1.29 is 9.18 Å². The molecule has 2 amide bonds. The van der Waals surface area contributed by atoms with Gasteiger partial charge in [0.2, 0.25) is 0 Å². The van der Waals surface area contributed by atoms with E-state index in [2.05, 4.69) is 15.7 Å². The van der Waals surface area contributed by atoms with Crippen LogP contribution in [0.25, 0.3) is 11.3 Å². The molecule has 2 aromatic carbocycles. The number of aryl methyl sites for hydroxylation is 1. The van der Waals surface area contributed by atoms with E-state index in [1.807, 2.05) is 12.1 Å². The fourth-order valence-electron chi connectivity index (χ4n) is 2.56. The molecule has 0 atom stereocenters. The van der Waals surface area contributed by atoms with Gasteiger partial charge < -0.3 is 10.6 Å². The highest BCUT2D eigenvalue weighted by atomic mass is 35.5. The van der Waals surface area contributed by atoms with E-state index in [4.69, 9.17) is 11.6 Å². The van der Waals surface area contributed by atoms with E-state index >= 15 is 0 Å². The van der Waals surface area contributed by atoms with Crippen LogP contribution in [0.2, 0.25) is 5.02 Å². The molecule has 28 heavy (non-hydrogen) atoms. The van der Waals surface area contributed by atoms with E-state index in [1.54, 1.807) is 24.3 Å². The number of nitrogens with zero attached hydrogens (tertiary/aromatic N) is 2. The van der Waals surface area contributed by atoms with Gasteiger partial charge in [0.05, 0.1) is 5.69 Å². The van der Waals surface area contributed by atoms with Gasteiger partial charge in [-0.15, -0.1) is 0 Å². The quantitative estimate of drug-likeness (QED) is 0.616. The van der Waals surface area contributed by atoms with Crippen LogP contribution in [0, 0.1) is 5.82 Å².